The largest absolute Gasteiger partial charge is 0.472 e. The molecule has 0 aromatic heterocycles. The van der Waals surface area contributed by atoms with Crippen LogP contribution in [0.3, 0.4) is 0 Å². The molecular formula is C37H73O10P. The summed E-state index contributed by atoms with van der Waals surface area (Å²) in [6.45, 7) is 2.34. The summed E-state index contributed by atoms with van der Waals surface area (Å²) in [5.74, 6) is -0.921. The monoisotopic (exact) mass is 708 g/mol. The Morgan fingerprint density at radius 3 is 1.29 bits per heavy atom. The molecule has 0 rings (SSSR count). The van der Waals surface area contributed by atoms with E-state index < -0.39 is 51.8 Å². The van der Waals surface area contributed by atoms with Crippen LogP contribution in [-0.2, 0) is 32.7 Å². The van der Waals surface area contributed by atoms with Gasteiger partial charge in [-0.15, -0.1) is 0 Å². The molecule has 0 aromatic rings. The number of hydrogen-bond acceptors (Lipinski definition) is 9. The number of rotatable bonds is 37. The van der Waals surface area contributed by atoms with Crippen LogP contribution in [0.15, 0.2) is 0 Å². The van der Waals surface area contributed by atoms with Gasteiger partial charge in [-0.05, 0) is 12.8 Å². The second-order valence-electron chi connectivity index (χ2n) is 13.3. The Balaban J connectivity index is 4.20. The molecule has 0 amide bonds. The van der Waals surface area contributed by atoms with Gasteiger partial charge >= 0.3 is 19.8 Å². The Morgan fingerprint density at radius 1 is 0.542 bits per heavy atom. The second kappa shape index (κ2) is 34.4. The van der Waals surface area contributed by atoms with Crippen LogP contribution < -0.4 is 0 Å². The molecule has 0 aliphatic heterocycles. The smallest absolute Gasteiger partial charge is 0.462 e. The summed E-state index contributed by atoms with van der Waals surface area (Å²) in [7, 11) is -4.60. The first kappa shape index (κ1) is 47.0. The predicted molar refractivity (Wildman–Crippen MR) is 192 cm³/mol. The van der Waals surface area contributed by atoms with Crippen molar-refractivity contribution in [2.75, 3.05) is 26.4 Å². The lowest BCUT2D eigenvalue weighted by Crippen LogP contribution is -2.29. The Kier molecular flexibility index (Phi) is 33.7. The molecule has 0 aliphatic rings. The molecule has 0 heterocycles. The lowest BCUT2D eigenvalue weighted by Gasteiger charge is -2.20. The molecule has 3 atom stereocenters. The van der Waals surface area contributed by atoms with Crippen molar-refractivity contribution in [3.63, 3.8) is 0 Å². The van der Waals surface area contributed by atoms with Crippen LogP contribution in [0.1, 0.15) is 187 Å². The number of carbonyl (C=O) groups is 2. The van der Waals surface area contributed by atoms with Crippen LogP contribution in [0.2, 0.25) is 0 Å². The SMILES string of the molecule is CCCCCCCCCCCCCCCCCCCCC(=O)O[C@H](COC(=O)CCCCCCCCC)COP(=O)(O)OC[C@@H](O)CO. The molecule has 0 spiro atoms. The van der Waals surface area contributed by atoms with Gasteiger partial charge < -0.3 is 24.6 Å². The molecule has 3 N–H and O–H groups in total. The fraction of sp³-hybridized carbons (Fsp3) is 0.946. The van der Waals surface area contributed by atoms with E-state index in [1.54, 1.807) is 0 Å². The highest BCUT2D eigenvalue weighted by Gasteiger charge is 2.27. The first-order chi connectivity index (χ1) is 23.2. The van der Waals surface area contributed by atoms with Crippen molar-refractivity contribution in [1.82, 2.24) is 0 Å². The molecule has 1 unspecified atom stereocenters. The molecule has 0 saturated carbocycles. The number of esters is 2. The molecule has 0 saturated heterocycles. The zero-order chi connectivity index (χ0) is 35.6. The summed E-state index contributed by atoms with van der Waals surface area (Å²) in [6, 6.07) is 0. The first-order valence-electron chi connectivity index (χ1n) is 19.5. The second-order valence-corrected chi connectivity index (χ2v) is 14.8. The van der Waals surface area contributed by atoms with E-state index in [1.807, 2.05) is 0 Å². The van der Waals surface area contributed by atoms with Crippen molar-refractivity contribution in [2.24, 2.45) is 0 Å². The number of phosphoric ester groups is 1. The normalized spacial score (nSPS) is 14.0. The van der Waals surface area contributed by atoms with E-state index in [0.29, 0.717) is 12.8 Å². The van der Waals surface area contributed by atoms with E-state index in [1.165, 1.54) is 109 Å². The minimum absolute atomic E-state index is 0.192. The van der Waals surface area contributed by atoms with Crippen LogP contribution in [0.5, 0.6) is 0 Å². The fourth-order valence-corrected chi connectivity index (χ4v) is 6.25. The zero-order valence-electron chi connectivity index (χ0n) is 30.7. The van der Waals surface area contributed by atoms with Gasteiger partial charge in [-0.25, -0.2) is 4.57 Å². The molecule has 0 bridgehead atoms. The summed E-state index contributed by atoms with van der Waals surface area (Å²) in [5.41, 5.74) is 0. The maximum atomic E-state index is 12.5. The highest BCUT2D eigenvalue weighted by molar-refractivity contribution is 7.47. The van der Waals surface area contributed by atoms with Crippen molar-refractivity contribution < 1.29 is 47.8 Å². The van der Waals surface area contributed by atoms with Crippen molar-refractivity contribution in [1.29, 1.82) is 0 Å². The molecule has 0 fully saturated rings. The van der Waals surface area contributed by atoms with Gasteiger partial charge in [0.15, 0.2) is 6.10 Å². The van der Waals surface area contributed by atoms with Gasteiger partial charge in [-0.1, -0.05) is 162 Å². The number of unbranched alkanes of at least 4 members (excludes halogenated alkanes) is 23. The van der Waals surface area contributed by atoms with E-state index >= 15 is 0 Å². The standard InChI is InChI=1S/C37H73O10P/c1-3-5-7-9-11-12-13-14-15-16-17-18-19-20-21-23-25-27-29-37(41)47-35(33-46-48(42,43)45-31-34(39)30-38)32-44-36(40)28-26-24-22-10-8-6-4-2/h34-35,38-39H,3-33H2,1-2H3,(H,42,43)/t34-,35+/m0/s1. The van der Waals surface area contributed by atoms with Gasteiger partial charge in [0.05, 0.1) is 19.8 Å². The van der Waals surface area contributed by atoms with Crippen molar-refractivity contribution in [2.45, 2.75) is 199 Å². The molecule has 0 aliphatic carbocycles. The topological polar surface area (TPSA) is 149 Å². The van der Waals surface area contributed by atoms with Gasteiger partial charge in [0, 0.05) is 12.8 Å². The molecule has 11 heteroatoms. The quantitative estimate of drug-likeness (QED) is 0.0324. The first-order valence-corrected chi connectivity index (χ1v) is 21.0. The third-order valence-corrected chi connectivity index (χ3v) is 9.46. The highest BCUT2D eigenvalue weighted by Crippen LogP contribution is 2.43. The van der Waals surface area contributed by atoms with E-state index in [0.717, 1.165) is 38.5 Å². The third-order valence-electron chi connectivity index (χ3n) is 8.51. The van der Waals surface area contributed by atoms with Gasteiger partial charge in [0.2, 0.25) is 0 Å². The molecule has 0 aromatic carbocycles. The average molecular weight is 709 g/mol. The van der Waals surface area contributed by atoms with Gasteiger partial charge in [-0.2, -0.15) is 0 Å². The molecule has 48 heavy (non-hydrogen) atoms. The molecule has 0 radical (unpaired) electrons. The van der Waals surface area contributed by atoms with Crippen molar-refractivity contribution in [3.8, 4) is 0 Å². The van der Waals surface area contributed by atoms with E-state index in [4.69, 9.17) is 19.1 Å². The summed E-state index contributed by atoms with van der Waals surface area (Å²) < 4.78 is 32.5. The predicted octanol–water partition coefficient (Wildman–Crippen LogP) is 9.50. The Bertz CT molecular complexity index is 781. The maximum Gasteiger partial charge on any atom is 0.472 e. The summed E-state index contributed by atoms with van der Waals surface area (Å²) >= 11 is 0. The Morgan fingerprint density at radius 2 is 0.896 bits per heavy atom. The molecule has 10 nitrogen and oxygen atoms in total. The molecule has 286 valence electrons. The van der Waals surface area contributed by atoms with E-state index in [2.05, 4.69) is 18.4 Å². The number of aliphatic hydroxyl groups excluding tert-OH is 2. The number of carbonyl (C=O) groups excluding carboxylic acids is 2. The van der Waals surface area contributed by atoms with Crippen LogP contribution in [0, 0.1) is 0 Å². The number of phosphoric acid groups is 1. The Labute approximate surface area is 293 Å². The molecular weight excluding hydrogens is 635 g/mol. The minimum Gasteiger partial charge on any atom is -0.462 e. The summed E-state index contributed by atoms with van der Waals surface area (Å²) in [5, 5.41) is 18.2. The van der Waals surface area contributed by atoms with Gasteiger partial charge in [0.1, 0.15) is 12.7 Å². The maximum absolute atomic E-state index is 12.5. The highest BCUT2D eigenvalue weighted by atomic mass is 31.2. The van der Waals surface area contributed by atoms with Crippen molar-refractivity contribution >= 4 is 19.8 Å². The summed E-state index contributed by atoms with van der Waals surface area (Å²) in [4.78, 5) is 34.7. The average Bonchev–Trinajstić information content (AvgIpc) is 3.07. The van der Waals surface area contributed by atoms with E-state index in [-0.39, 0.29) is 19.4 Å². The zero-order valence-corrected chi connectivity index (χ0v) is 31.6. The minimum atomic E-state index is -4.60. The lowest BCUT2D eigenvalue weighted by molar-refractivity contribution is -0.161. The summed E-state index contributed by atoms with van der Waals surface area (Å²) in [6.07, 6.45) is 28.1. The van der Waals surface area contributed by atoms with Crippen LogP contribution in [0.25, 0.3) is 0 Å². The van der Waals surface area contributed by atoms with E-state index in [9.17, 15) is 24.2 Å². The lowest BCUT2D eigenvalue weighted by atomic mass is 10.0. The van der Waals surface area contributed by atoms with Crippen molar-refractivity contribution in [3.05, 3.63) is 0 Å². The fourth-order valence-electron chi connectivity index (χ4n) is 5.46. The number of hydrogen-bond donors (Lipinski definition) is 3. The Hall–Kier alpha value is -1.03. The third kappa shape index (κ3) is 33.5. The van der Waals surface area contributed by atoms with Crippen LogP contribution in [0.4, 0.5) is 0 Å². The number of ether oxygens (including phenoxy) is 2. The number of aliphatic hydroxyl groups is 2. The van der Waals surface area contributed by atoms with Crippen LogP contribution >= 0.6 is 7.82 Å². The van der Waals surface area contributed by atoms with Gasteiger partial charge in [-0.3, -0.25) is 18.6 Å². The van der Waals surface area contributed by atoms with Gasteiger partial charge in [0.25, 0.3) is 0 Å². The van der Waals surface area contributed by atoms with Crippen LogP contribution in [-0.4, -0.2) is 65.7 Å².